The number of rotatable bonds is 10. The van der Waals surface area contributed by atoms with Gasteiger partial charge in [-0.25, -0.2) is 0 Å². The summed E-state index contributed by atoms with van der Waals surface area (Å²) in [6.45, 7) is 16.7. The lowest BCUT2D eigenvalue weighted by Crippen LogP contribution is -2.52. The molecule has 21 heavy (non-hydrogen) atoms. The normalized spacial score (nSPS) is 12.6. The van der Waals surface area contributed by atoms with Gasteiger partial charge in [-0.2, -0.15) is 0 Å². The molecule has 0 aromatic heterocycles. The van der Waals surface area contributed by atoms with E-state index in [1.807, 2.05) is 0 Å². The Morgan fingerprint density at radius 2 is 1.14 bits per heavy atom. The van der Waals surface area contributed by atoms with Crippen LogP contribution < -0.4 is 5.73 Å². The van der Waals surface area contributed by atoms with Crippen molar-refractivity contribution in [2.24, 2.45) is 5.73 Å². The highest BCUT2D eigenvalue weighted by Crippen LogP contribution is 2.26. The van der Waals surface area contributed by atoms with Crippen molar-refractivity contribution in [2.75, 3.05) is 6.54 Å². The molecule has 0 fully saturated rings. The standard InChI is InChI=1S/C13H35NO2Si3.2CH4/c1-8-9-12-17(2,3)15-19(6,7)16-18(4,5)13-10-11-14;;/h8-14H2,1-7H3;2*1H4. The van der Waals surface area contributed by atoms with Crippen LogP contribution in [0.4, 0.5) is 0 Å². The fourth-order valence-corrected chi connectivity index (χ4v) is 16.8. The largest absolute Gasteiger partial charge is 0.437 e. The molecule has 0 aliphatic rings. The molecule has 0 saturated carbocycles. The topological polar surface area (TPSA) is 44.5 Å². The van der Waals surface area contributed by atoms with Crippen LogP contribution in [-0.4, -0.2) is 31.7 Å². The van der Waals surface area contributed by atoms with Gasteiger partial charge in [0.1, 0.15) is 0 Å². The minimum absolute atomic E-state index is 0. The second kappa shape index (κ2) is 11.1. The van der Waals surface area contributed by atoms with E-state index in [9.17, 15) is 0 Å². The quantitative estimate of drug-likeness (QED) is 0.523. The van der Waals surface area contributed by atoms with Gasteiger partial charge in [-0.05, 0) is 64.3 Å². The van der Waals surface area contributed by atoms with Gasteiger partial charge in [-0.15, -0.1) is 0 Å². The Morgan fingerprint density at radius 1 is 0.762 bits per heavy atom. The molecule has 0 aromatic carbocycles. The van der Waals surface area contributed by atoms with Crippen LogP contribution in [-0.2, 0) is 8.23 Å². The minimum atomic E-state index is -1.99. The van der Waals surface area contributed by atoms with Crippen molar-refractivity contribution in [3.8, 4) is 0 Å². The lowest BCUT2D eigenvalue weighted by atomic mass is 10.4. The van der Waals surface area contributed by atoms with Gasteiger partial charge in [0.05, 0.1) is 0 Å². The first-order valence-electron chi connectivity index (χ1n) is 7.64. The summed E-state index contributed by atoms with van der Waals surface area (Å²) in [5, 5.41) is 0. The zero-order valence-corrected chi connectivity index (χ0v) is 17.1. The Morgan fingerprint density at radius 3 is 1.48 bits per heavy atom. The van der Waals surface area contributed by atoms with E-state index in [-0.39, 0.29) is 14.9 Å². The summed E-state index contributed by atoms with van der Waals surface area (Å²) in [6, 6.07) is 2.38. The monoisotopic (exact) mass is 353 g/mol. The molecule has 6 heteroatoms. The molecule has 0 atom stereocenters. The van der Waals surface area contributed by atoms with Gasteiger partial charge in [-0.1, -0.05) is 34.6 Å². The van der Waals surface area contributed by atoms with E-state index in [0.29, 0.717) is 0 Å². The summed E-state index contributed by atoms with van der Waals surface area (Å²) < 4.78 is 13.0. The Kier molecular flexibility index (Phi) is 14.0. The van der Waals surface area contributed by atoms with Crippen molar-refractivity contribution < 1.29 is 8.23 Å². The third kappa shape index (κ3) is 13.9. The Hall–Kier alpha value is 0.531. The molecule has 0 aliphatic carbocycles. The predicted octanol–water partition coefficient (Wildman–Crippen LogP) is 5.55. The molecule has 132 valence electrons. The smallest absolute Gasteiger partial charge is 0.311 e. The molecule has 0 amide bonds. The van der Waals surface area contributed by atoms with Gasteiger partial charge >= 0.3 is 8.56 Å². The molecule has 0 aromatic rings. The molecule has 0 unspecified atom stereocenters. The summed E-state index contributed by atoms with van der Waals surface area (Å²) in [6.07, 6.45) is 3.59. The van der Waals surface area contributed by atoms with E-state index in [1.54, 1.807) is 0 Å². The highest BCUT2D eigenvalue weighted by Gasteiger charge is 2.38. The average molecular weight is 354 g/mol. The first-order valence-corrected chi connectivity index (χ1v) is 16.7. The number of nitrogens with two attached hydrogens (primary N) is 1. The SMILES string of the molecule is C.C.CCCC[Si](C)(C)O[Si](C)(C)O[Si](C)(C)CCCN. The Bertz CT molecular complexity index is 235. The van der Waals surface area contributed by atoms with Crippen LogP contribution in [0.25, 0.3) is 0 Å². The third-order valence-corrected chi connectivity index (χ3v) is 14.6. The van der Waals surface area contributed by atoms with Crippen molar-refractivity contribution in [3.63, 3.8) is 0 Å². The lowest BCUT2D eigenvalue weighted by molar-refractivity contribution is 0.387. The fourth-order valence-electron chi connectivity index (χ4n) is 2.58. The van der Waals surface area contributed by atoms with Gasteiger partial charge in [0, 0.05) is 0 Å². The number of hydrogen-bond donors (Lipinski definition) is 1. The van der Waals surface area contributed by atoms with Gasteiger partial charge in [0.2, 0.25) is 0 Å². The third-order valence-electron chi connectivity index (χ3n) is 3.16. The molecule has 2 N–H and O–H groups in total. The van der Waals surface area contributed by atoms with Gasteiger partial charge < -0.3 is 14.0 Å². The Labute approximate surface area is 138 Å². The van der Waals surface area contributed by atoms with Crippen molar-refractivity contribution in [2.45, 2.75) is 92.4 Å². The average Bonchev–Trinajstić information content (AvgIpc) is 2.20. The van der Waals surface area contributed by atoms with Crippen LogP contribution in [0.3, 0.4) is 0 Å². The van der Waals surface area contributed by atoms with Gasteiger partial charge in [0.25, 0.3) is 0 Å². The summed E-state index contributed by atoms with van der Waals surface area (Å²) in [5.74, 6) is 0. The number of hydrogen-bond acceptors (Lipinski definition) is 3. The second-order valence-corrected chi connectivity index (χ2v) is 19.6. The fraction of sp³-hybridized carbons (Fsp3) is 1.00. The minimum Gasteiger partial charge on any atom is -0.437 e. The lowest BCUT2D eigenvalue weighted by Gasteiger charge is -2.38. The molecule has 0 aliphatic heterocycles. The maximum Gasteiger partial charge on any atom is 0.311 e. The van der Waals surface area contributed by atoms with E-state index < -0.39 is 25.2 Å². The highest BCUT2D eigenvalue weighted by atomic mass is 28.5. The van der Waals surface area contributed by atoms with E-state index in [4.69, 9.17) is 14.0 Å². The van der Waals surface area contributed by atoms with E-state index in [1.165, 1.54) is 18.9 Å². The maximum absolute atomic E-state index is 6.50. The van der Waals surface area contributed by atoms with Crippen molar-refractivity contribution in [1.29, 1.82) is 0 Å². The number of unbranched alkanes of at least 4 members (excludes halogenated alkanes) is 1. The molecule has 0 radical (unpaired) electrons. The second-order valence-electron chi connectivity index (χ2n) is 7.12. The predicted molar refractivity (Wildman–Crippen MR) is 106 cm³/mol. The summed E-state index contributed by atoms with van der Waals surface area (Å²) in [7, 11) is -5.16. The molecule has 0 spiro atoms. The van der Waals surface area contributed by atoms with E-state index in [0.717, 1.165) is 19.0 Å². The van der Waals surface area contributed by atoms with Crippen molar-refractivity contribution >= 4 is 25.2 Å². The van der Waals surface area contributed by atoms with E-state index in [2.05, 4.69) is 46.2 Å². The summed E-state index contributed by atoms with van der Waals surface area (Å²) >= 11 is 0. The molecule has 0 bridgehead atoms. The Balaban J connectivity index is -0.00000162. The molecule has 3 nitrogen and oxygen atoms in total. The van der Waals surface area contributed by atoms with Crippen LogP contribution >= 0.6 is 0 Å². The zero-order valence-electron chi connectivity index (χ0n) is 14.1. The van der Waals surface area contributed by atoms with Crippen LogP contribution in [0.5, 0.6) is 0 Å². The van der Waals surface area contributed by atoms with Crippen molar-refractivity contribution in [1.82, 2.24) is 0 Å². The highest BCUT2D eigenvalue weighted by molar-refractivity contribution is 6.87. The van der Waals surface area contributed by atoms with Crippen molar-refractivity contribution in [3.05, 3.63) is 0 Å². The molecular formula is C15H43NO2Si3. The van der Waals surface area contributed by atoms with Crippen LogP contribution in [0.2, 0.25) is 51.4 Å². The first kappa shape index (κ1) is 26.4. The van der Waals surface area contributed by atoms with E-state index >= 15 is 0 Å². The van der Waals surface area contributed by atoms with Gasteiger partial charge in [0.15, 0.2) is 16.6 Å². The summed E-state index contributed by atoms with van der Waals surface area (Å²) in [5.41, 5.74) is 5.61. The maximum atomic E-state index is 6.50. The molecular weight excluding hydrogens is 310 g/mol. The first-order chi connectivity index (χ1) is 8.54. The molecule has 0 saturated heterocycles. The van der Waals surface area contributed by atoms with Gasteiger partial charge in [-0.3, -0.25) is 0 Å². The zero-order chi connectivity index (χ0) is 15.2. The summed E-state index contributed by atoms with van der Waals surface area (Å²) in [4.78, 5) is 0. The van der Waals surface area contributed by atoms with Crippen LogP contribution in [0.15, 0.2) is 0 Å². The van der Waals surface area contributed by atoms with Crippen LogP contribution in [0.1, 0.15) is 41.0 Å². The molecule has 0 heterocycles. The molecule has 0 rings (SSSR count). The van der Waals surface area contributed by atoms with Crippen LogP contribution in [0, 0.1) is 0 Å².